The van der Waals surface area contributed by atoms with E-state index in [4.69, 9.17) is 9.88 Å². The molecule has 0 radical (unpaired) electrons. The van der Waals surface area contributed by atoms with Crippen molar-refractivity contribution in [2.24, 2.45) is 5.14 Å². The molecule has 3 N–H and O–H groups in total. The summed E-state index contributed by atoms with van der Waals surface area (Å²) in [5, 5.41) is 13.7. The van der Waals surface area contributed by atoms with Gasteiger partial charge in [-0.25, -0.2) is 18.5 Å². The van der Waals surface area contributed by atoms with Crippen molar-refractivity contribution < 1.29 is 18.3 Å². The lowest BCUT2D eigenvalue weighted by molar-refractivity contribution is 0.165. The van der Waals surface area contributed by atoms with Gasteiger partial charge in [-0.05, 0) is 13.8 Å². The zero-order chi connectivity index (χ0) is 13.2. The summed E-state index contributed by atoms with van der Waals surface area (Å²) in [6, 6.07) is 0. The Bertz CT molecular complexity index is 503. The molecule has 0 aromatic carbocycles. The molecule has 0 fully saturated rings. The number of primary sulfonamides is 1. The number of aryl methyl sites for hydroxylation is 1. The number of hydrogen-bond acceptors (Lipinski definition) is 6. The standard InChI is InChI=1S/C9H15N3O4S/c1-5-4-11-7(9(12-5)16-3)8(13)6(2)17(10,14)15/h4,6,8,13H,1-3H3,(H2,10,14,15). The van der Waals surface area contributed by atoms with Crippen LogP contribution in [0.5, 0.6) is 5.88 Å². The maximum absolute atomic E-state index is 11.1. The Balaban J connectivity index is 3.16. The van der Waals surface area contributed by atoms with Crippen LogP contribution in [0, 0.1) is 6.92 Å². The molecule has 0 spiro atoms. The minimum Gasteiger partial charge on any atom is -0.480 e. The summed E-state index contributed by atoms with van der Waals surface area (Å²) in [7, 11) is -2.50. The zero-order valence-electron chi connectivity index (χ0n) is 9.78. The van der Waals surface area contributed by atoms with E-state index in [1.165, 1.54) is 20.2 Å². The molecular formula is C9H15N3O4S. The van der Waals surface area contributed by atoms with Crippen LogP contribution in [-0.4, -0.2) is 35.9 Å². The second-order valence-electron chi connectivity index (χ2n) is 3.64. The molecule has 17 heavy (non-hydrogen) atoms. The Morgan fingerprint density at radius 3 is 2.59 bits per heavy atom. The highest BCUT2D eigenvalue weighted by Crippen LogP contribution is 2.25. The first-order valence-corrected chi connectivity index (χ1v) is 6.45. The molecular weight excluding hydrogens is 246 g/mol. The fourth-order valence-corrected chi connectivity index (χ4v) is 1.71. The van der Waals surface area contributed by atoms with Crippen molar-refractivity contribution in [2.45, 2.75) is 25.2 Å². The smallest absolute Gasteiger partial charge is 0.238 e. The van der Waals surface area contributed by atoms with Gasteiger partial charge in [0.25, 0.3) is 0 Å². The van der Waals surface area contributed by atoms with Crippen LogP contribution in [0.25, 0.3) is 0 Å². The van der Waals surface area contributed by atoms with Gasteiger partial charge in [-0.1, -0.05) is 0 Å². The van der Waals surface area contributed by atoms with Gasteiger partial charge >= 0.3 is 0 Å². The number of hydrogen-bond donors (Lipinski definition) is 2. The highest BCUT2D eigenvalue weighted by molar-refractivity contribution is 7.89. The molecule has 7 nitrogen and oxygen atoms in total. The summed E-state index contributed by atoms with van der Waals surface area (Å²) in [4.78, 5) is 7.92. The average molecular weight is 261 g/mol. The van der Waals surface area contributed by atoms with E-state index in [-0.39, 0.29) is 11.6 Å². The van der Waals surface area contributed by atoms with Gasteiger partial charge in [0.05, 0.1) is 12.8 Å². The van der Waals surface area contributed by atoms with Gasteiger partial charge in [-0.15, -0.1) is 0 Å². The normalized spacial score (nSPS) is 15.4. The van der Waals surface area contributed by atoms with E-state index in [1.807, 2.05) is 0 Å². The highest BCUT2D eigenvalue weighted by Gasteiger charge is 2.30. The molecule has 0 aliphatic rings. The minimum absolute atomic E-state index is 0.0552. The number of nitrogens with zero attached hydrogens (tertiary/aromatic N) is 2. The number of nitrogens with two attached hydrogens (primary N) is 1. The second-order valence-corrected chi connectivity index (χ2v) is 5.57. The van der Waals surface area contributed by atoms with Crippen molar-refractivity contribution in [3.63, 3.8) is 0 Å². The number of aliphatic hydroxyl groups is 1. The van der Waals surface area contributed by atoms with Crippen LogP contribution in [0.1, 0.15) is 24.4 Å². The minimum atomic E-state index is -3.86. The van der Waals surface area contributed by atoms with E-state index in [0.29, 0.717) is 5.69 Å². The fraction of sp³-hybridized carbons (Fsp3) is 0.556. The molecule has 0 aliphatic heterocycles. The fourth-order valence-electron chi connectivity index (χ4n) is 1.22. The summed E-state index contributed by atoms with van der Waals surface area (Å²) in [5.74, 6) is 0.0907. The van der Waals surface area contributed by atoms with Gasteiger partial charge < -0.3 is 9.84 Å². The topological polar surface area (TPSA) is 115 Å². The number of methoxy groups -OCH3 is 1. The first-order valence-electron chi connectivity index (χ1n) is 4.84. The first kappa shape index (κ1) is 13.8. The van der Waals surface area contributed by atoms with Crippen molar-refractivity contribution in [1.29, 1.82) is 0 Å². The van der Waals surface area contributed by atoms with Crippen LogP contribution < -0.4 is 9.88 Å². The van der Waals surface area contributed by atoms with Gasteiger partial charge in [0.15, 0.2) is 0 Å². The molecule has 0 aliphatic carbocycles. The number of aliphatic hydroxyl groups excluding tert-OH is 1. The van der Waals surface area contributed by atoms with Crippen LogP contribution in [0.15, 0.2) is 6.20 Å². The maximum atomic E-state index is 11.1. The molecule has 1 aromatic rings. The van der Waals surface area contributed by atoms with Crippen LogP contribution in [0.3, 0.4) is 0 Å². The molecule has 96 valence electrons. The largest absolute Gasteiger partial charge is 0.480 e. The van der Waals surface area contributed by atoms with Gasteiger partial charge in [-0.2, -0.15) is 0 Å². The summed E-state index contributed by atoms with van der Waals surface area (Å²) >= 11 is 0. The van der Waals surface area contributed by atoms with E-state index < -0.39 is 21.4 Å². The van der Waals surface area contributed by atoms with Crippen molar-refractivity contribution in [3.8, 4) is 5.88 Å². The van der Waals surface area contributed by atoms with E-state index in [2.05, 4.69) is 9.97 Å². The number of sulfonamides is 1. The molecule has 8 heteroatoms. The van der Waals surface area contributed by atoms with E-state index in [9.17, 15) is 13.5 Å². The SMILES string of the molecule is COc1nc(C)cnc1C(O)C(C)S(N)(=O)=O. The van der Waals surface area contributed by atoms with Crippen molar-refractivity contribution in [2.75, 3.05) is 7.11 Å². The Labute approximate surface area is 99.7 Å². The summed E-state index contributed by atoms with van der Waals surface area (Å²) in [6.45, 7) is 3.00. The molecule has 1 aromatic heterocycles. The summed E-state index contributed by atoms with van der Waals surface area (Å²) in [5.41, 5.74) is 0.653. The Morgan fingerprint density at radius 2 is 2.12 bits per heavy atom. The number of aromatic nitrogens is 2. The molecule has 0 saturated heterocycles. The third-order valence-electron chi connectivity index (χ3n) is 2.32. The maximum Gasteiger partial charge on any atom is 0.238 e. The lowest BCUT2D eigenvalue weighted by Crippen LogP contribution is -2.32. The van der Waals surface area contributed by atoms with Crippen molar-refractivity contribution in [3.05, 3.63) is 17.6 Å². The molecule has 2 unspecified atom stereocenters. The van der Waals surface area contributed by atoms with Crippen LogP contribution in [0.2, 0.25) is 0 Å². The van der Waals surface area contributed by atoms with E-state index in [0.717, 1.165) is 0 Å². The quantitative estimate of drug-likeness (QED) is 0.755. The Kier molecular flexibility index (Phi) is 4.02. The van der Waals surface area contributed by atoms with Gasteiger partial charge in [-0.3, -0.25) is 4.98 Å². The molecule has 1 heterocycles. The van der Waals surface area contributed by atoms with Crippen LogP contribution >= 0.6 is 0 Å². The van der Waals surface area contributed by atoms with Crippen molar-refractivity contribution >= 4 is 10.0 Å². The zero-order valence-corrected chi connectivity index (χ0v) is 10.6. The van der Waals surface area contributed by atoms with Crippen molar-refractivity contribution in [1.82, 2.24) is 9.97 Å². The van der Waals surface area contributed by atoms with E-state index in [1.54, 1.807) is 6.92 Å². The highest BCUT2D eigenvalue weighted by atomic mass is 32.2. The molecule has 0 saturated carbocycles. The number of rotatable bonds is 4. The summed E-state index contributed by atoms with van der Waals surface area (Å²) < 4.78 is 27.2. The Morgan fingerprint density at radius 1 is 1.53 bits per heavy atom. The van der Waals surface area contributed by atoms with Gasteiger partial charge in [0, 0.05) is 6.20 Å². The Hall–Kier alpha value is -1.25. The monoisotopic (exact) mass is 261 g/mol. The lowest BCUT2D eigenvalue weighted by Gasteiger charge is -2.17. The summed E-state index contributed by atoms with van der Waals surface area (Å²) in [6.07, 6.45) is 0.0322. The predicted octanol–water partition coefficient (Wildman–Crippen LogP) is -0.496. The molecule has 0 amide bonds. The molecule has 1 rings (SSSR count). The van der Waals surface area contributed by atoms with E-state index >= 15 is 0 Å². The second kappa shape index (κ2) is 4.94. The first-order chi connectivity index (χ1) is 7.77. The third-order valence-corrected chi connectivity index (χ3v) is 3.62. The third kappa shape index (κ3) is 3.11. The molecule has 2 atom stereocenters. The van der Waals surface area contributed by atoms with Crippen LogP contribution in [0.4, 0.5) is 0 Å². The molecule has 0 bridgehead atoms. The van der Waals surface area contributed by atoms with Gasteiger partial charge in [0.2, 0.25) is 15.9 Å². The average Bonchev–Trinajstić information content (AvgIpc) is 2.25. The lowest BCUT2D eigenvalue weighted by atomic mass is 10.2. The number of ether oxygens (including phenoxy) is 1. The van der Waals surface area contributed by atoms with Crippen LogP contribution in [-0.2, 0) is 10.0 Å². The predicted molar refractivity (Wildman–Crippen MR) is 60.9 cm³/mol. The van der Waals surface area contributed by atoms with Gasteiger partial charge in [0.1, 0.15) is 17.0 Å².